The Labute approximate surface area is 92.5 Å². The second-order valence-corrected chi connectivity index (χ2v) is 4.55. The summed E-state index contributed by atoms with van der Waals surface area (Å²) in [7, 11) is -3.68. The minimum absolute atomic E-state index is 0.0617. The Morgan fingerprint density at radius 1 is 1.38 bits per heavy atom. The number of nitrogens with one attached hydrogen (secondary N) is 1. The van der Waals surface area contributed by atoms with E-state index in [4.69, 9.17) is 6.42 Å². The van der Waals surface area contributed by atoms with Gasteiger partial charge in [0.1, 0.15) is 0 Å². The molecule has 0 unspecified atom stereocenters. The summed E-state index contributed by atoms with van der Waals surface area (Å²) >= 11 is 0. The molecule has 16 heavy (non-hydrogen) atoms. The molecule has 0 spiro atoms. The highest BCUT2D eigenvalue weighted by molar-refractivity contribution is 7.89. The van der Waals surface area contributed by atoms with Crippen molar-refractivity contribution in [3.8, 4) is 12.3 Å². The van der Waals surface area contributed by atoms with Crippen molar-refractivity contribution in [3.63, 3.8) is 0 Å². The molecule has 0 heterocycles. The van der Waals surface area contributed by atoms with Crippen LogP contribution in [0.1, 0.15) is 0 Å². The van der Waals surface area contributed by atoms with Crippen LogP contribution in [-0.2, 0) is 10.0 Å². The molecule has 0 fully saturated rings. The van der Waals surface area contributed by atoms with Gasteiger partial charge in [0, 0.05) is 12.1 Å². The Hall–Kier alpha value is -1.91. The van der Waals surface area contributed by atoms with Gasteiger partial charge in [0.25, 0.3) is 5.69 Å². The third-order valence-corrected chi connectivity index (χ3v) is 3.14. The average Bonchev–Trinajstić information content (AvgIpc) is 2.26. The molecule has 0 aromatic heterocycles. The Kier molecular flexibility index (Phi) is 3.60. The first-order valence-electron chi connectivity index (χ1n) is 4.15. The summed E-state index contributed by atoms with van der Waals surface area (Å²) in [5, 5.41) is 10.3. The van der Waals surface area contributed by atoms with E-state index in [2.05, 4.69) is 10.6 Å². The zero-order valence-corrected chi connectivity index (χ0v) is 8.90. The number of non-ortho nitro benzene ring substituents is 1. The van der Waals surface area contributed by atoms with Crippen molar-refractivity contribution in [3.05, 3.63) is 34.4 Å². The molecule has 6 nitrogen and oxygen atoms in total. The number of nitro groups is 1. The van der Waals surface area contributed by atoms with Crippen LogP contribution in [0.2, 0.25) is 0 Å². The number of benzene rings is 1. The van der Waals surface area contributed by atoms with Crippen LogP contribution in [0, 0.1) is 22.5 Å². The Bertz CT molecular complexity index is 528. The zero-order valence-electron chi connectivity index (χ0n) is 8.08. The molecule has 84 valence electrons. The average molecular weight is 240 g/mol. The summed E-state index contributed by atoms with van der Waals surface area (Å²) in [5.74, 6) is 2.12. The molecule has 0 aliphatic heterocycles. The SMILES string of the molecule is C#CCNS(=O)(=O)c1ccc([N+](=O)[O-])cc1. The molecule has 0 amide bonds. The predicted octanol–water partition coefficient (Wildman–Crippen LogP) is 0.506. The summed E-state index contributed by atoms with van der Waals surface area (Å²) < 4.78 is 25.1. The number of nitrogens with zero attached hydrogens (tertiary/aromatic N) is 1. The fourth-order valence-corrected chi connectivity index (χ4v) is 1.90. The highest BCUT2D eigenvalue weighted by Crippen LogP contribution is 2.15. The van der Waals surface area contributed by atoms with E-state index in [1.165, 1.54) is 0 Å². The lowest BCUT2D eigenvalue weighted by atomic mass is 10.3. The van der Waals surface area contributed by atoms with E-state index in [1.54, 1.807) is 0 Å². The summed E-state index contributed by atoms with van der Waals surface area (Å²) in [5.41, 5.74) is -0.170. The molecule has 0 aliphatic rings. The molecule has 0 radical (unpaired) electrons. The fraction of sp³-hybridized carbons (Fsp3) is 0.111. The quantitative estimate of drug-likeness (QED) is 0.471. The third kappa shape index (κ3) is 2.79. The van der Waals surface area contributed by atoms with Crippen LogP contribution >= 0.6 is 0 Å². The van der Waals surface area contributed by atoms with E-state index >= 15 is 0 Å². The lowest BCUT2D eigenvalue weighted by Gasteiger charge is -2.02. The van der Waals surface area contributed by atoms with Crippen molar-refractivity contribution in [1.29, 1.82) is 0 Å². The van der Waals surface area contributed by atoms with Crippen molar-refractivity contribution < 1.29 is 13.3 Å². The van der Waals surface area contributed by atoms with Gasteiger partial charge in [0.15, 0.2) is 0 Å². The molecule has 7 heteroatoms. The number of hydrogen-bond acceptors (Lipinski definition) is 4. The largest absolute Gasteiger partial charge is 0.269 e. The van der Waals surface area contributed by atoms with E-state index in [0.29, 0.717) is 0 Å². The molecular weight excluding hydrogens is 232 g/mol. The maximum absolute atomic E-state index is 11.5. The van der Waals surface area contributed by atoms with Gasteiger partial charge in [0.2, 0.25) is 10.0 Å². The normalized spacial score (nSPS) is 10.7. The van der Waals surface area contributed by atoms with Crippen molar-refractivity contribution in [2.45, 2.75) is 4.90 Å². The molecule has 1 rings (SSSR count). The van der Waals surface area contributed by atoms with Gasteiger partial charge in [-0.2, -0.15) is 4.72 Å². The summed E-state index contributed by atoms with van der Waals surface area (Å²) in [6, 6.07) is 4.53. The Morgan fingerprint density at radius 3 is 2.38 bits per heavy atom. The molecule has 0 bridgehead atoms. The van der Waals surface area contributed by atoms with Crippen LogP contribution in [0.3, 0.4) is 0 Å². The van der Waals surface area contributed by atoms with Gasteiger partial charge in [-0.15, -0.1) is 6.42 Å². The summed E-state index contributed by atoms with van der Waals surface area (Å²) in [4.78, 5) is 9.68. The third-order valence-electron chi connectivity index (χ3n) is 1.72. The molecule has 0 atom stereocenters. The van der Waals surface area contributed by atoms with Crippen LogP contribution in [-0.4, -0.2) is 19.9 Å². The lowest BCUT2D eigenvalue weighted by molar-refractivity contribution is -0.384. The molecule has 1 aromatic rings. The van der Waals surface area contributed by atoms with Crippen molar-refractivity contribution in [1.82, 2.24) is 4.72 Å². The van der Waals surface area contributed by atoms with Crippen LogP contribution < -0.4 is 4.72 Å². The second kappa shape index (κ2) is 4.74. The van der Waals surface area contributed by atoms with E-state index < -0.39 is 14.9 Å². The van der Waals surface area contributed by atoms with Gasteiger partial charge < -0.3 is 0 Å². The molecule has 1 N–H and O–H groups in total. The first-order valence-corrected chi connectivity index (χ1v) is 5.63. The first-order chi connectivity index (χ1) is 7.47. The monoisotopic (exact) mass is 240 g/mol. The predicted molar refractivity (Wildman–Crippen MR) is 57.1 cm³/mol. The zero-order chi connectivity index (χ0) is 12.2. The van der Waals surface area contributed by atoms with Gasteiger partial charge in [-0.25, -0.2) is 8.42 Å². The number of hydrogen-bond donors (Lipinski definition) is 1. The van der Waals surface area contributed by atoms with Gasteiger partial charge in [-0.1, -0.05) is 5.92 Å². The molecule has 0 saturated heterocycles. The maximum Gasteiger partial charge on any atom is 0.269 e. The molecule has 0 saturated carbocycles. The minimum Gasteiger partial charge on any atom is -0.258 e. The van der Waals surface area contributed by atoms with Crippen LogP contribution in [0.15, 0.2) is 29.2 Å². The van der Waals surface area contributed by atoms with E-state index in [-0.39, 0.29) is 17.1 Å². The first kappa shape index (κ1) is 12.2. The smallest absolute Gasteiger partial charge is 0.258 e. The Morgan fingerprint density at radius 2 is 1.94 bits per heavy atom. The van der Waals surface area contributed by atoms with Crippen molar-refractivity contribution in [2.24, 2.45) is 0 Å². The van der Waals surface area contributed by atoms with E-state index in [9.17, 15) is 18.5 Å². The number of rotatable bonds is 4. The molecule has 0 aliphatic carbocycles. The second-order valence-electron chi connectivity index (χ2n) is 2.78. The van der Waals surface area contributed by atoms with Gasteiger partial charge in [-0.05, 0) is 12.1 Å². The molecular formula is C9H8N2O4S. The number of sulfonamides is 1. The number of terminal acetylenes is 1. The minimum atomic E-state index is -3.68. The standard InChI is InChI=1S/C9H8N2O4S/c1-2-7-10-16(14,15)9-5-3-8(4-6-9)11(12)13/h1,3-6,10H,7H2. The summed E-state index contributed by atoms with van der Waals surface area (Å²) in [6.07, 6.45) is 4.91. The summed E-state index contributed by atoms with van der Waals surface area (Å²) in [6.45, 7) is -0.126. The van der Waals surface area contributed by atoms with Crippen molar-refractivity contribution >= 4 is 15.7 Å². The maximum atomic E-state index is 11.5. The van der Waals surface area contributed by atoms with Gasteiger partial charge in [0.05, 0.1) is 16.4 Å². The number of nitro benzene ring substituents is 1. The van der Waals surface area contributed by atoms with Gasteiger partial charge in [-0.3, -0.25) is 10.1 Å². The van der Waals surface area contributed by atoms with Crippen molar-refractivity contribution in [2.75, 3.05) is 6.54 Å². The topological polar surface area (TPSA) is 89.3 Å². The molecule has 1 aromatic carbocycles. The Balaban J connectivity index is 2.98. The highest BCUT2D eigenvalue weighted by atomic mass is 32.2. The van der Waals surface area contributed by atoms with Gasteiger partial charge >= 0.3 is 0 Å². The van der Waals surface area contributed by atoms with E-state index in [0.717, 1.165) is 24.3 Å². The fourth-order valence-electron chi connectivity index (χ4n) is 0.967. The highest BCUT2D eigenvalue weighted by Gasteiger charge is 2.14. The van der Waals surface area contributed by atoms with Crippen LogP contribution in [0.4, 0.5) is 5.69 Å². The van der Waals surface area contributed by atoms with Crippen LogP contribution in [0.25, 0.3) is 0 Å². The lowest BCUT2D eigenvalue weighted by Crippen LogP contribution is -2.23. The van der Waals surface area contributed by atoms with Crippen LogP contribution in [0.5, 0.6) is 0 Å². The van der Waals surface area contributed by atoms with E-state index in [1.807, 2.05) is 0 Å².